The Hall–Kier alpha value is -2.61. The standard InChI is InChI=1S/C18H22N6OS/c1-14-11-15(2)24(22-14)10-6-9-19-17(25)12-26-18-21-20-13-23(18)16-7-4-3-5-8-16/h3-5,7-8,11,13H,6,9-10,12H2,1-2H3,(H,19,25). The van der Waals surface area contributed by atoms with Crippen molar-refractivity contribution in [3.05, 3.63) is 54.1 Å². The lowest BCUT2D eigenvalue weighted by atomic mass is 10.3. The summed E-state index contributed by atoms with van der Waals surface area (Å²) in [6, 6.07) is 11.9. The zero-order valence-electron chi connectivity index (χ0n) is 14.9. The Bertz CT molecular complexity index is 858. The van der Waals surface area contributed by atoms with Crippen LogP contribution in [0.4, 0.5) is 0 Å². The van der Waals surface area contributed by atoms with E-state index in [9.17, 15) is 4.79 Å². The average molecular weight is 370 g/mol. The van der Waals surface area contributed by atoms with Gasteiger partial charge in [0.2, 0.25) is 5.91 Å². The quantitative estimate of drug-likeness (QED) is 0.487. The van der Waals surface area contributed by atoms with Crippen LogP contribution in [0.1, 0.15) is 17.8 Å². The molecule has 0 aliphatic carbocycles. The summed E-state index contributed by atoms with van der Waals surface area (Å²) in [4.78, 5) is 12.1. The van der Waals surface area contributed by atoms with Crippen LogP contribution in [0.5, 0.6) is 0 Å². The number of carbonyl (C=O) groups excluding carboxylic acids is 1. The molecule has 0 unspecified atom stereocenters. The number of nitrogens with zero attached hydrogens (tertiary/aromatic N) is 5. The Morgan fingerprint density at radius 1 is 1.23 bits per heavy atom. The lowest BCUT2D eigenvalue weighted by Gasteiger charge is -2.07. The molecule has 26 heavy (non-hydrogen) atoms. The van der Waals surface area contributed by atoms with Gasteiger partial charge >= 0.3 is 0 Å². The van der Waals surface area contributed by atoms with Gasteiger partial charge in [-0.2, -0.15) is 5.10 Å². The van der Waals surface area contributed by atoms with Gasteiger partial charge in [0.15, 0.2) is 5.16 Å². The summed E-state index contributed by atoms with van der Waals surface area (Å²) >= 11 is 1.38. The highest BCUT2D eigenvalue weighted by atomic mass is 32.2. The molecule has 0 fully saturated rings. The van der Waals surface area contributed by atoms with Gasteiger partial charge in [0.05, 0.1) is 11.4 Å². The topological polar surface area (TPSA) is 77.6 Å². The summed E-state index contributed by atoms with van der Waals surface area (Å²) in [5, 5.41) is 16.1. The summed E-state index contributed by atoms with van der Waals surface area (Å²) < 4.78 is 3.85. The number of hydrogen-bond donors (Lipinski definition) is 1. The lowest BCUT2D eigenvalue weighted by Crippen LogP contribution is -2.27. The van der Waals surface area contributed by atoms with E-state index in [1.54, 1.807) is 6.33 Å². The van der Waals surface area contributed by atoms with Crippen LogP contribution in [-0.4, -0.2) is 42.7 Å². The molecule has 0 saturated carbocycles. The molecule has 0 radical (unpaired) electrons. The second kappa shape index (κ2) is 8.66. The van der Waals surface area contributed by atoms with Gasteiger partial charge in [-0.1, -0.05) is 30.0 Å². The molecule has 3 rings (SSSR count). The van der Waals surface area contributed by atoms with Gasteiger partial charge < -0.3 is 5.32 Å². The fourth-order valence-electron chi connectivity index (χ4n) is 2.63. The molecular formula is C18H22N6OS. The first-order chi connectivity index (χ1) is 12.6. The Labute approximate surface area is 156 Å². The molecule has 0 aliphatic rings. The van der Waals surface area contributed by atoms with Crippen molar-refractivity contribution in [3.63, 3.8) is 0 Å². The number of aromatic nitrogens is 5. The Morgan fingerprint density at radius 2 is 2.04 bits per heavy atom. The fraction of sp³-hybridized carbons (Fsp3) is 0.333. The number of hydrogen-bond acceptors (Lipinski definition) is 5. The van der Waals surface area contributed by atoms with Gasteiger partial charge in [-0.25, -0.2) is 0 Å². The van der Waals surface area contributed by atoms with Crippen molar-refractivity contribution in [1.82, 2.24) is 29.9 Å². The molecule has 0 spiro atoms. The first kappa shape index (κ1) is 18.2. The van der Waals surface area contributed by atoms with E-state index in [1.165, 1.54) is 11.8 Å². The second-order valence-corrected chi connectivity index (χ2v) is 6.90. The van der Waals surface area contributed by atoms with Gasteiger partial charge in [0, 0.05) is 24.5 Å². The van der Waals surface area contributed by atoms with Crippen LogP contribution >= 0.6 is 11.8 Å². The number of carbonyl (C=O) groups is 1. The van der Waals surface area contributed by atoms with Crippen molar-refractivity contribution in [2.24, 2.45) is 0 Å². The third-order valence-electron chi connectivity index (χ3n) is 3.86. The molecule has 3 aromatic rings. The van der Waals surface area contributed by atoms with Gasteiger partial charge in [-0.3, -0.25) is 14.0 Å². The van der Waals surface area contributed by atoms with E-state index in [-0.39, 0.29) is 5.91 Å². The van der Waals surface area contributed by atoms with Crippen molar-refractivity contribution < 1.29 is 4.79 Å². The number of benzene rings is 1. The zero-order chi connectivity index (χ0) is 18.4. The smallest absolute Gasteiger partial charge is 0.230 e. The molecule has 1 aromatic carbocycles. The third-order valence-corrected chi connectivity index (χ3v) is 4.80. The highest BCUT2D eigenvalue weighted by Gasteiger charge is 2.10. The molecule has 7 nitrogen and oxygen atoms in total. The number of nitrogens with one attached hydrogen (secondary N) is 1. The molecule has 8 heteroatoms. The zero-order valence-corrected chi connectivity index (χ0v) is 15.7. The van der Waals surface area contributed by atoms with Crippen LogP contribution in [0.25, 0.3) is 5.69 Å². The molecule has 1 N–H and O–H groups in total. The molecule has 136 valence electrons. The van der Waals surface area contributed by atoms with E-state index >= 15 is 0 Å². The normalized spacial score (nSPS) is 10.8. The van der Waals surface area contributed by atoms with E-state index < -0.39 is 0 Å². The van der Waals surface area contributed by atoms with Gasteiger partial charge in [-0.15, -0.1) is 10.2 Å². The van der Waals surface area contributed by atoms with Crippen LogP contribution in [0, 0.1) is 13.8 Å². The van der Waals surface area contributed by atoms with Crippen molar-refractivity contribution in [3.8, 4) is 5.69 Å². The van der Waals surface area contributed by atoms with Crippen LogP contribution in [0.2, 0.25) is 0 Å². The summed E-state index contributed by atoms with van der Waals surface area (Å²) in [6.07, 6.45) is 2.50. The Kier molecular flexibility index (Phi) is 6.06. The van der Waals surface area contributed by atoms with Crippen molar-refractivity contribution in [2.75, 3.05) is 12.3 Å². The van der Waals surface area contributed by atoms with E-state index in [0.717, 1.165) is 30.0 Å². The SMILES string of the molecule is Cc1cc(C)n(CCCNC(=O)CSc2nncn2-c2ccccc2)n1. The minimum absolute atomic E-state index is 0.00835. The van der Waals surface area contributed by atoms with Gasteiger partial charge in [-0.05, 0) is 38.5 Å². The highest BCUT2D eigenvalue weighted by molar-refractivity contribution is 7.99. The molecule has 0 bridgehead atoms. The summed E-state index contributed by atoms with van der Waals surface area (Å²) in [6.45, 7) is 5.45. The maximum Gasteiger partial charge on any atom is 0.230 e. The molecule has 2 heterocycles. The average Bonchev–Trinajstić information content (AvgIpc) is 3.23. The van der Waals surface area contributed by atoms with Gasteiger partial charge in [0.25, 0.3) is 0 Å². The van der Waals surface area contributed by atoms with E-state index in [4.69, 9.17) is 0 Å². The maximum absolute atomic E-state index is 12.1. The van der Waals surface area contributed by atoms with Crippen molar-refractivity contribution in [1.29, 1.82) is 0 Å². The Morgan fingerprint density at radius 3 is 2.77 bits per heavy atom. The number of rotatable bonds is 8. The highest BCUT2D eigenvalue weighted by Crippen LogP contribution is 2.18. The van der Waals surface area contributed by atoms with Crippen molar-refractivity contribution >= 4 is 17.7 Å². The van der Waals surface area contributed by atoms with E-state index in [0.29, 0.717) is 17.5 Å². The number of thioether (sulfide) groups is 1. The molecule has 0 atom stereocenters. The molecule has 1 amide bonds. The third kappa shape index (κ3) is 4.72. The minimum Gasteiger partial charge on any atom is -0.355 e. The molecule has 0 saturated heterocycles. The van der Waals surface area contributed by atoms with E-state index in [1.807, 2.05) is 53.4 Å². The number of aryl methyl sites for hydroxylation is 3. The van der Waals surface area contributed by atoms with Crippen LogP contribution < -0.4 is 5.32 Å². The first-order valence-electron chi connectivity index (χ1n) is 8.49. The number of amides is 1. The van der Waals surface area contributed by atoms with Gasteiger partial charge in [0.1, 0.15) is 6.33 Å². The van der Waals surface area contributed by atoms with Crippen LogP contribution in [0.15, 0.2) is 47.9 Å². The van der Waals surface area contributed by atoms with E-state index in [2.05, 4.69) is 26.7 Å². The predicted octanol–water partition coefficient (Wildman–Crippen LogP) is 2.38. The minimum atomic E-state index is -0.00835. The fourth-order valence-corrected chi connectivity index (χ4v) is 3.39. The first-order valence-corrected chi connectivity index (χ1v) is 9.48. The van der Waals surface area contributed by atoms with Crippen LogP contribution in [-0.2, 0) is 11.3 Å². The van der Waals surface area contributed by atoms with Crippen molar-refractivity contribution in [2.45, 2.75) is 32.0 Å². The van der Waals surface area contributed by atoms with Crippen LogP contribution in [0.3, 0.4) is 0 Å². The molecular weight excluding hydrogens is 348 g/mol. The lowest BCUT2D eigenvalue weighted by molar-refractivity contribution is -0.118. The summed E-state index contributed by atoms with van der Waals surface area (Å²) in [7, 11) is 0. The largest absolute Gasteiger partial charge is 0.355 e. The monoisotopic (exact) mass is 370 g/mol. The second-order valence-electron chi connectivity index (χ2n) is 5.96. The maximum atomic E-state index is 12.1. The summed E-state index contributed by atoms with van der Waals surface area (Å²) in [5.74, 6) is 0.303. The predicted molar refractivity (Wildman–Crippen MR) is 101 cm³/mol. The summed E-state index contributed by atoms with van der Waals surface area (Å²) in [5.41, 5.74) is 3.14. The number of para-hydroxylation sites is 1. The molecule has 2 aromatic heterocycles. The Balaban J connectivity index is 1.42. The molecule has 0 aliphatic heterocycles.